The number of anilines is 1. The quantitative estimate of drug-likeness (QED) is 0.747. The van der Waals surface area contributed by atoms with Gasteiger partial charge < -0.3 is 14.5 Å². The number of halogens is 2. The number of hydrogen-bond acceptors (Lipinski definition) is 4. The summed E-state index contributed by atoms with van der Waals surface area (Å²) in [5.74, 6) is -0.748. The molecule has 0 saturated carbocycles. The van der Waals surface area contributed by atoms with E-state index < -0.39 is 11.6 Å². The van der Waals surface area contributed by atoms with Crippen molar-refractivity contribution in [3.05, 3.63) is 54.1 Å². The number of hydrogen-bond donors (Lipinski definition) is 0. The number of methoxy groups -OCH3 is 1. The zero-order valence-electron chi connectivity index (χ0n) is 14.5. The smallest absolute Gasteiger partial charge is 0.233 e. The molecule has 138 valence electrons. The molecule has 3 rings (SSSR count). The van der Waals surface area contributed by atoms with E-state index in [2.05, 4.69) is 4.90 Å². The first-order valence-electron chi connectivity index (χ1n) is 8.31. The number of thioether (sulfide) groups is 1. The van der Waals surface area contributed by atoms with E-state index in [1.54, 1.807) is 7.11 Å². The number of carbonyl (C=O) groups excluding carboxylic acids is 1. The van der Waals surface area contributed by atoms with E-state index >= 15 is 0 Å². The van der Waals surface area contributed by atoms with E-state index in [9.17, 15) is 13.6 Å². The summed E-state index contributed by atoms with van der Waals surface area (Å²) in [7, 11) is 1.64. The Labute approximate surface area is 155 Å². The van der Waals surface area contributed by atoms with Crippen molar-refractivity contribution in [3.63, 3.8) is 0 Å². The molecule has 0 aliphatic carbocycles. The normalized spacial score (nSPS) is 14.4. The fraction of sp³-hybridized carbons (Fsp3) is 0.316. The van der Waals surface area contributed by atoms with E-state index in [4.69, 9.17) is 4.74 Å². The topological polar surface area (TPSA) is 32.8 Å². The molecule has 0 spiro atoms. The average Bonchev–Trinajstić information content (AvgIpc) is 2.69. The Kier molecular flexibility index (Phi) is 5.98. The third kappa shape index (κ3) is 4.46. The van der Waals surface area contributed by atoms with Crippen molar-refractivity contribution in [2.45, 2.75) is 4.90 Å². The van der Waals surface area contributed by atoms with Crippen LogP contribution in [0.4, 0.5) is 14.5 Å². The number of nitrogens with zero attached hydrogens (tertiary/aromatic N) is 2. The monoisotopic (exact) mass is 378 g/mol. The highest BCUT2D eigenvalue weighted by atomic mass is 32.2. The lowest BCUT2D eigenvalue weighted by Gasteiger charge is -2.36. The summed E-state index contributed by atoms with van der Waals surface area (Å²) in [5, 5.41) is 0. The number of rotatable bonds is 5. The number of amides is 1. The maximum atomic E-state index is 13.2. The zero-order valence-corrected chi connectivity index (χ0v) is 15.3. The van der Waals surface area contributed by atoms with Crippen molar-refractivity contribution >= 4 is 23.4 Å². The summed E-state index contributed by atoms with van der Waals surface area (Å²) in [6.07, 6.45) is 0. The molecule has 0 radical (unpaired) electrons. The second-order valence-electron chi connectivity index (χ2n) is 5.93. The molecule has 4 nitrogen and oxygen atoms in total. The van der Waals surface area contributed by atoms with Crippen LogP contribution in [-0.4, -0.2) is 49.8 Å². The van der Waals surface area contributed by atoms with Gasteiger partial charge in [-0.25, -0.2) is 8.78 Å². The van der Waals surface area contributed by atoms with Crippen LogP contribution in [0.2, 0.25) is 0 Å². The van der Waals surface area contributed by atoms with Crippen molar-refractivity contribution in [2.24, 2.45) is 0 Å². The van der Waals surface area contributed by atoms with E-state index in [1.807, 2.05) is 29.2 Å². The van der Waals surface area contributed by atoms with Crippen LogP contribution < -0.4 is 9.64 Å². The van der Waals surface area contributed by atoms with Gasteiger partial charge in [-0.3, -0.25) is 4.79 Å². The molecular weight excluding hydrogens is 358 g/mol. The maximum Gasteiger partial charge on any atom is 0.233 e. The van der Waals surface area contributed by atoms with Gasteiger partial charge in [-0.1, -0.05) is 6.07 Å². The molecule has 7 heteroatoms. The highest BCUT2D eigenvalue weighted by molar-refractivity contribution is 8.00. The van der Waals surface area contributed by atoms with Gasteiger partial charge in [-0.05, 0) is 30.3 Å². The van der Waals surface area contributed by atoms with Crippen LogP contribution >= 0.6 is 11.8 Å². The van der Waals surface area contributed by atoms with Gasteiger partial charge in [0.1, 0.15) is 5.75 Å². The van der Waals surface area contributed by atoms with E-state index in [-0.39, 0.29) is 11.7 Å². The molecule has 26 heavy (non-hydrogen) atoms. The van der Waals surface area contributed by atoms with Gasteiger partial charge in [0.2, 0.25) is 5.91 Å². The van der Waals surface area contributed by atoms with Crippen molar-refractivity contribution in [3.8, 4) is 5.75 Å². The number of piperazine rings is 1. The Bertz CT molecular complexity index is 780. The molecule has 2 aromatic rings. The molecule has 0 unspecified atom stereocenters. The van der Waals surface area contributed by atoms with E-state index in [0.29, 0.717) is 18.0 Å². The summed E-state index contributed by atoms with van der Waals surface area (Å²) in [6.45, 7) is 2.76. The van der Waals surface area contributed by atoms with Gasteiger partial charge in [0.15, 0.2) is 11.6 Å². The SMILES string of the molecule is COc1cccc(N2CCN(C(=O)CSc3ccc(F)c(F)c3)CC2)c1. The highest BCUT2D eigenvalue weighted by Gasteiger charge is 2.21. The maximum absolute atomic E-state index is 13.2. The van der Waals surface area contributed by atoms with Gasteiger partial charge in [-0.15, -0.1) is 11.8 Å². The summed E-state index contributed by atoms with van der Waals surface area (Å²) in [6, 6.07) is 11.5. The third-order valence-corrected chi connectivity index (χ3v) is 5.28. The van der Waals surface area contributed by atoms with Crippen LogP contribution in [0.5, 0.6) is 5.75 Å². The molecule has 0 atom stereocenters. The largest absolute Gasteiger partial charge is 0.497 e. The zero-order chi connectivity index (χ0) is 18.5. The Hall–Kier alpha value is -2.28. The van der Waals surface area contributed by atoms with Gasteiger partial charge in [0.05, 0.1) is 12.9 Å². The fourth-order valence-electron chi connectivity index (χ4n) is 2.82. The van der Waals surface area contributed by atoms with E-state index in [0.717, 1.165) is 36.7 Å². The first kappa shape index (κ1) is 18.5. The van der Waals surface area contributed by atoms with Gasteiger partial charge in [0.25, 0.3) is 0 Å². The molecule has 1 fully saturated rings. The van der Waals surface area contributed by atoms with Crippen LogP contribution in [-0.2, 0) is 4.79 Å². The Morgan fingerprint density at radius 1 is 1.08 bits per heavy atom. The second-order valence-corrected chi connectivity index (χ2v) is 6.98. The molecular formula is C19H20F2N2O2S. The van der Waals surface area contributed by atoms with Crippen molar-refractivity contribution < 1.29 is 18.3 Å². The summed E-state index contributed by atoms with van der Waals surface area (Å²) >= 11 is 1.22. The average molecular weight is 378 g/mol. The third-order valence-electron chi connectivity index (χ3n) is 4.30. The number of benzene rings is 2. The minimum atomic E-state index is -0.894. The Morgan fingerprint density at radius 2 is 1.85 bits per heavy atom. The van der Waals surface area contributed by atoms with Gasteiger partial charge in [-0.2, -0.15) is 0 Å². The first-order chi connectivity index (χ1) is 12.6. The predicted molar refractivity (Wildman–Crippen MR) is 98.9 cm³/mol. The summed E-state index contributed by atoms with van der Waals surface area (Å²) in [5.41, 5.74) is 1.08. The van der Waals surface area contributed by atoms with Crippen LogP contribution in [0.25, 0.3) is 0 Å². The van der Waals surface area contributed by atoms with E-state index in [1.165, 1.54) is 17.8 Å². The summed E-state index contributed by atoms with van der Waals surface area (Å²) in [4.78, 5) is 16.9. The highest BCUT2D eigenvalue weighted by Crippen LogP contribution is 2.23. The van der Waals surface area contributed by atoms with Crippen molar-refractivity contribution in [2.75, 3.05) is 43.9 Å². The van der Waals surface area contributed by atoms with Crippen molar-refractivity contribution in [1.82, 2.24) is 4.90 Å². The minimum Gasteiger partial charge on any atom is -0.497 e. The van der Waals surface area contributed by atoms with Crippen molar-refractivity contribution in [1.29, 1.82) is 0 Å². The molecule has 2 aromatic carbocycles. The van der Waals surface area contributed by atoms with Gasteiger partial charge in [0, 0.05) is 42.8 Å². The van der Waals surface area contributed by atoms with Crippen LogP contribution in [0.3, 0.4) is 0 Å². The van der Waals surface area contributed by atoms with Gasteiger partial charge >= 0.3 is 0 Å². The molecule has 1 saturated heterocycles. The van der Waals surface area contributed by atoms with Crippen LogP contribution in [0, 0.1) is 11.6 Å². The molecule has 0 bridgehead atoms. The molecule has 1 aliphatic rings. The van der Waals surface area contributed by atoms with Crippen LogP contribution in [0.1, 0.15) is 0 Å². The number of ether oxygens (including phenoxy) is 1. The first-order valence-corrected chi connectivity index (χ1v) is 9.30. The molecule has 0 N–H and O–H groups in total. The summed E-state index contributed by atoms with van der Waals surface area (Å²) < 4.78 is 31.4. The molecule has 1 amide bonds. The Balaban J connectivity index is 1.50. The van der Waals surface area contributed by atoms with Crippen LogP contribution in [0.15, 0.2) is 47.4 Å². The second kappa shape index (κ2) is 8.40. The fourth-order valence-corrected chi connectivity index (χ4v) is 3.65. The lowest BCUT2D eigenvalue weighted by molar-refractivity contribution is -0.128. The minimum absolute atomic E-state index is 0.00465. The molecule has 1 heterocycles. The molecule has 0 aromatic heterocycles. The lowest BCUT2D eigenvalue weighted by atomic mass is 10.2. The predicted octanol–water partition coefficient (Wildman–Crippen LogP) is 3.41. The lowest BCUT2D eigenvalue weighted by Crippen LogP contribution is -2.49. The number of carbonyl (C=O) groups is 1. The standard InChI is InChI=1S/C19H20F2N2O2S/c1-25-15-4-2-3-14(11-15)22-7-9-23(10-8-22)19(24)13-26-16-5-6-17(20)18(21)12-16/h2-6,11-12H,7-10,13H2,1H3. The molecule has 1 aliphatic heterocycles. The Morgan fingerprint density at radius 3 is 2.54 bits per heavy atom.